The lowest BCUT2D eigenvalue weighted by Gasteiger charge is -2.13. The van der Waals surface area contributed by atoms with Crippen molar-refractivity contribution < 1.29 is 14.7 Å². The zero-order chi connectivity index (χ0) is 14.4. The van der Waals surface area contributed by atoms with Crippen LogP contribution in [0.1, 0.15) is 22.5 Å². The largest absolute Gasteiger partial charge is 0.480 e. The molecule has 0 saturated heterocycles. The summed E-state index contributed by atoms with van der Waals surface area (Å²) in [6.07, 6.45) is 2.36. The third-order valence-electron chi connectivity index (χ3n) is 2.91. The van der Waals surface area contributed by atoms with Crippen LogP contribution in [0.25, 0.3) is 0 Å². The van der Waals surface area contributed by atoms with Crippen LogP contribution < -0.4 is 5.32 Å². The number of nitrogens with one attached hydrogen (secondary N) is 2. The Balaban J connectivity index is 1.94. The van der Waals surface area contributed by atoms with Gasteiger partial charge in [0, 0.05) is 6.20 Å². The molecule has 0 spiro atoms. The number of amides is 1. The van der Waals surface area contributed by atoms with E-state index in [1.54, 1.807) is 0 Å². The smallest absolute Gasteiger partial charge is 0.326 e. The van der Waals surface area contributed by atoms with Crippen LogP contribution in [-0.4, -0.2) is 33.2 Å². The van der Waals surface area contributed by atoms with Gasteiger partial charge in [-0.05, 0) is 24.5 Å². The number of H-pyrrole nitrogens is 1. The molecule has 1 heterocycles. The number of aryl methyl sites for hydroxylation is 1. The Morgan fingerprint density at radius 1 is 1.25 bits per heavy atom. The van der Waals surface area contributed by atoms with Crippen molar-refractivity contribution in [2.75, 3.05) is 0 Å². The Kier molecular flexibility index (Phi) is 4.49. The number of hydrogen-bond acceptors (Lipinski definition) is 3. The standard InChI is InChI=1S/C14H15N3O3/c18-13(11-8-9-15-17-11)16-12(14(19)20)7-6-10-4-2-1-3-5-10/h1-5,8-9,12H,6-7H2,(H,15,17)(H,16,18)(H,19,20)/t12-/m0/s1. The number of carboxylic acid groups (broad SMARTS) is 1. The molecule has 3 N–H and O–H groups in total. The molecule has 0 saturated carbocycles. The van der Waals surface area contributed by atoms with Crippen molar-refractivity contribution in [3.05, 3.63) is 53.9 Å². The van der Waals surface area contributed by atoms with Gasteiger partial charge in [0.2, 0.25) is 0 Å². The number of carbonyl (C=O) groups excluding carboxylic acids is 1. The molecule has 6 nitrogen and oxygen atoms in total. The number of aromatic amines is 1. The minimum absolute atomic E-state index is 0.246. The number of aromatic nitrogens is 2. The fourth-order valence-electron chi connectivity index (χ4n) is 1.83. The highest BCUT2D eigenvalue weighted by molar-refractivity contribution is 5.94. The molecule has 6 heteroatoms. The van der Waals surface area contributed by atoms with Gasteiger partial charge in [-0.15, -0.1) is 0 Å². The third kappa shape index (κ3) is 3.68. The van der Waals surface area contributed by atoms with E-state index in [0.717, 1.165) is 5.56 Å². The minimum atomic E-state index is -1.05. The molecule has 0 aliphatic carbocycles. The maximum atomic E-state index is 11.8. The SMILES string of the molecule is O=C(N[C@@H](CCc1ccccc1)C(=O)O)c1ccn[nH]1. The summed E-state index contributed by atoms with van der Waals surface area (Å²) in [6, 6.07) is 10.1. The second-order valence-electron chi connectivity index (χ2n) is 4.36. The summed E-state index contributed by atoms with van der Waals surface area (Å²) in [7, 11) is 0. The van der Waals surface area contributed by atoms with Gasteiger partial charge in [-0.2, -0.15) is 5.10 Å². The number of rotatable bonds is 6. The van der Waals surface area contributed by atoms with Crippen molar-refractivity contribution in [2.24, 2.45) is 0 Å². The van der Waals surface area contributed by atoms with Crippen LogP contribution >= 0.6 is 0 Å². The number of hydrogen-bond donors (Lipinski definition) is 3. The number of benzene rings is 1. The first-order valence-electron chi connectivity index (χ1n) is 6.24. The number of aliphatic carboxylic acids is 1. The molecule has 1 aromatic carbocycles. The third-order valence-corrected chi connectivity index (χ3v) is 2.91. The zero-order valence-electron chi connectivity index (χ0n) is 10.7. The Morgan fingerprint density at radius 2 is 2.00 bits per heavy atom. The fourth-order valence-corrected chi connectivity index (χ4v) is 1.83. The van der Waals surface area contributed by atoms with Crippen molar-refractivity contribution >= 4 is 11.9 Å². The van der Waals surface area contributed by atoms with Crippen LogP contribution in [0.5, 0.6) is 0 Å². The molecular formula is C14H15N3O3. The van der Waals surface area contributed by atoms with Crippen molar-refractivity contribution in [2.45, 2.75) is 18.9 Å². The van der Waals surface area contributed by atoms with Gasteiger partial charge in [-0.3, -0.25) is 9.89 Å². The first-order valence-corrected chi connectivity index (χ1v) is 6.24. The molecule has 1 amide bonds. The van der Waals surface area contributed by atoms with E-state index in [4.69, 9.17) is 5.11 Å². The van der Waals surface area contributed by atoms with E-state index >= 15 is 0 Å². The second-order valence-corrected chi connectivity index (χ2v) is 4.36. The molecule has 20 heavy (non-hydrogen) atoms. The lowest BCUT2D eigenvalue weighted by molar-refractivity contribution is -0.139. The van der Waals surface area contributed by atoms with Crippen LogP contribution in [0.15, 0.2) is 42.6 Å². The van der Waals surface area contributed by atoms with E-state index in [2.05, 4.69) is 15.5 Å². The number of carboxylic acids is 1. The molecule has 0 radical (unpaired) electrons. The normalized spacial score (nSPS) is 11.8. The molecule has 104 valence electrons. The average Bonchev–Trinajstić information content (AvgIpc) is 2.98. The molecular weight excluding hydrogens is 258 g/mol. The first kappa shape index (κ1) is 13.8. The predicted octanol–water partition coefficient (Wildman–Crippen LogP) is 1.23. The maximum Gasteiger partial charge on any atom is 0.326 e. The maximum absolute atomic E-state index is 11.8. The van der Waals surface area contributed by atoms with Gasteiger partial charge in [0.25, 0.3) is 5.91 Å². The van der Waals surface area contributed by atoms with Gasteiger partial charge in [0.15, 0.2) is 0 Å². The molecule has 0 unspecified atom stereocenters. The summed E-state index contributed by atoms with van der Waals surface area (Å²) in [5, 5.41) is 17.8. The molecule has 2 aromatic rings. The van der Waals surface area contributed by atoms with E-state index in [1.807, 2.05) is 30.3 Å². The van der Waals surface area contributed by atoms with Crippen LogP contribution in [0.3, 0.4) is 0 Å². The van der Waals surface area contributed by atoms with Crippen molar-refractivity contribution in [1.29, 1.82) is 0 Å². The lowest BCUT2D eigenvalue weighted by Crippen LogP contribution is -2.41. The van der Waals surface area contributed by atoms with Gasteiger partial charge in [-0.1, -0.05) is 30.3 Å². The van der Waals surface area contributed by atoms with E-state index in [9.17, 15) is 9.59 Å². The summed E-state index contributed by atoms with van der Waals surface area (Å²) < 4.78 is 0. The highest BCUT2D eigenvalue weighted by Gasteiger charge is 2.20. The zero-order valence-corrected chi connectivity index (χ0v) is 10.7. The van der Waals surface area contributed by atoms with Gasteiger partial charge >= 0.3 is 5.97 Å². The Bertz CT molecular complexity index is 567. The second kappa shape index (κ2) is 6.51. The van der Waals surface area contributed by atoms with Crippen LogP contribution in [0, 0.1) is 0 Å². The highest BCUT2D eigenvalue weighted by atomic mass is 16.4. The van der Waals surface area contributed by atoms with Gasteiger partial charge in [0.1, 0.15) is 11.7 Å². The topological polar surface area (TPSA) is 95.1 Å². The number of nitrogens with zero attached hydrogens (tertiary/aromatic N) is 1. The van der Waals surface area contributed by atoms with Gasteiger partial charge in [0.05, 0.1) is 0 Å². The van der Waals surface area contributed by atoms with Crippen LogP contribution in [-0.2, 0) is 11.2 Å². The van der Waals surface area contributed by atoms with Crippen molar-refractivity contribution in [3.8, 4) is 0 Å². The molecule has 1 atom stereocenters. The highest BCUT2D eigenvalue weighted by Crippen LogP contribution is 2.06. The quantitative estimate of drug-likeness (QED) is 0.737. The predicted molar refractivity (Wildman–Crippen MR) is 72.2 cm³/mol. The summed E-state index contributed by atoms with van der Waals surface area (Å²) >= 11 is 0. The molecule has 0 aliphatic rings. The van der Waals surface area contributed by atoms with Gasteiger partial charge < -0.3 is 10.4 Å². The average molecular weight is 273 g/mol. The van der Waals surface area contributed by atoms with Crippen LogP contribution in [0.4, 0.5) is 0 Å². The molecule has 0 fully saturated rings. The molecule has 0 aliphatic heterocycles. The first-order chi connectivity index (χ1) is 9.66. The summed E-state index contributed by atoms with van der Waals surface area (Å²) in [5.41, 5.74) is 1.28. The molecule has 0 bridgehead atoms. The summed E-state index contributed by atoms with van der Waals surface area (Å²) in [6.45, 7) is 0. The molecule has 1 aromatic heterocycles. The van der Waals surface area contributed by atoms with E-state index in [0.29, 0.717) is 12.8 Å². The van der Waals surface area contributed by atoms with Crippen molar-refractivity contribution in [3.63, 3.8) is 0 Å². The van der Waals surface area contributed by atoms with E-state index in [-0.39, 0.29) is 5.69 Å². The Labute approximate surface area is 115 Å². The minimum Gasteiger partial charge on any atom is -0.480 e. The molecule has 2 rings (SSSR count). The summed E-state index contributed by atoms with van der Waals surface area (Å²) in [4.78, 5) is 23.0. The number of carbonyl (C=O) groups is 2. The van der Waals surface area contributed by atoms with Gasteiger partial charge in [-0.25, -0.2) is 4.79 Å². The monoisotopic (exact) mass is 273 g/mol. The van der Waals surface area contributed by atoms with Crippen LogP contribution in [0.2, 0.25) is 0 Å². The Hall–Kier alpha value is -2.63. The Morgan fingerprint density at radius 3 is 2.60 bits per heavy atom. The van der Waals surface area contributed by atoms with E-state index < -0.39 is 17.9 Å². The van der Waals surface area contributed by atoms with E-state index in [1.165, 1.54) is 12.3 Å². The summed E-state index contributed by atoms with van der Waals surface area (Å²) in [5.74, 6) is -1.52. The fraction of sp³-hybridized carbons (Fsp3) is 0.214. The van der Waals surface area contributed by atoms with Crippen molar-refractivity contribution in [1.82, 2.24) is 15.5 Å². The lowest BCUT2D eigenvalue weighted by atomic mass is 10.1.